The SMILES string of the molecule is CC(=C/C=C/C=C(C)/C=C/C=C(\C)C(=O)O[C@@H]1[C@@H](O)C[C@](O)(C(=O)O)C[C@H]1OC(=O)/C=C/c1ccc(O)c(O)c1)/C=C/C=C(\C)C(=O)O[C@@H]1OC(CO[C@@H]2OC(CO)[C@@H](O)[C@H](O)C2O)[C@@H](O)[C@H](O)C1O. The number of aliphatic hydroxyl groups is 9. The third kappa shape index (κ3) is 15.6. The fourth-order valence-electron chi connectivity index (χ4n) is 6.99. The van der Waals surface area contributed by atoms with Gasteiger partial charge in [0, 0.05) is 30.1 Å². The topological polar surface area (TPSA) is 366 Å². The summed E-state index contributed by atoms with van der Waals surface area (Å²) in [5.41, 5.74) is -0.549. The van der Waals surface area contributed by atoms with Crippen molar-refractivity contribution in [3.8, 4) is 11.5 Å². The number of hydrogen-bond donors (Lipinski definition) is 12. The first-order chi connectivity index (χ1) is 33.0. The number of benzene rings is 1. The summed E-state index contributed by atoms with van der Waals surface area (Å²) in [5.74, 6) is -5.41. The molecule has 12 N–H and O–H groups in total. The molecule has 22 nitrogen and oxygen atoms in total. The van der Waals surface area contributed by atoms with Gasteiger partial charge in [-0.2, -0.15) is 0 Å². The number of carbonyl (C=O) groups excluding carboxylic acids is 3. The van der Waals surface area contributed by atoms with Crippen molar-refractivity contribution in [3.05, 3.63) is 113 Å². The molecule has 2 heterocycles. The van der Waals surface area contributed by atoms with E-state index in [4.69, 9.17) is 28.4 Å². The summed E-state index contributed by atoms with van der Waals surface area (Å²) in [6.45, 7) is 5.09. The van der Waals surface area contributed by atoms with Crippen LogP contribution in [0.25, 0.3) is 6.08 Å². The van der Waals surface area contributed by atoms with Crippen LogP contribution in [0.15, 0.2) is 107 Å². The minimum Gasteiger partial charge on any atom is -0.504 e. The zero-order valence-corrected chi connectivity index (χ0v) is 38.4. The van der Waals surface area contributed by atoms with Crippen LogP contribution >= 0.6 is 0 Å². The van der Waals surface area contributed by atoms with Crippen molar-refractivity contribution in [1.82, 2.24) is 0 Å². The van der Waals surface area contributed by atoms with Gasteiger partial charge in [0.2, 0.25) is 6.29 Å². The highest BCUT2D eigenvalue weighted by Gasteiger charge is 2.53. The van der Waals surface area contributed by atoms with Gasteiger partial charge < -0.3 is 89.7 Å². The van der Waals surface area contributed by atoms with Gasteiger partial charge in [-0.3, -0.25) is 0 Å². The average molecular weight is 989 g/mol. The number of carbonyl (C=O) groups is 4. The first-order valence-corrected chi connectivity index (χ1v) is 21.8. The average Bonchev–Trinajstić information content (AvgIpc) is 3.31. The van der Waals surface area contributed by atoms with Crippen molar-refractivity contribution in [2.45, 2.75) is 126 Å². The van der Waals surface area contributed by atoms with Crippen LogP contribution in [0.1, 0.15) is 46.1 Å². The van der Waals surface area contributed by atoms with Crippen molar-refractivity contribution < 1.29 is 109 Å². The number of carboxylic acid groups (broad SMARTS) is 1. The Labute approximate surface area is 401 Å². The molecule has 14 atom stereocenters. The number of aliphatic hydroxyl groups excluding tert-OH is 8. The number of phenolic OH excluding ortho intramolecular Hbond substituents is 2. The zero-order valence-electron chi connectivity index (χ0n) is 38.4. The van der Waals surface area contributed by atoms with Crippen molar-refractivity contribution >= 4 is 30.0 Å². The number of allylic oxidation sites excluding steroid dienone is 12. The standard InChI is InChI=1S/C48H60O22/c1-24(11-7-13-26(3)43(60)69-42-31(52)20-48(64,47(62)63)21-32(42)66-35(53)18-16-28-15-17-29(50)30(51)19-28)9-5-6-10-25(2)12-8-14-27(4)44(61)70-46-41(59)39(57)37(55)34(68-46)23-65-45-40(58)38(56)36(54)33(22-49)67-45/h5-19,31-34,36-42,45-46,49-52,54-59,64H,20-23H2,1-4H3,(H,62,63)/b6-5+,11-7+,12-8+,18-16+,24-9+,25-10-,26-13+,27-14+/t31-,32+,33?,34?,36+,37+,38-,39-,40?,41?,42+,45+,46-,48+/m0/s1. The van der Waals surface area contributed by atoms with Gasteiger partial charge in [0.25, 0.3) is 0 Å². The second kappa shape index (κ2) is 25.8. The molecule has 0 radical (unpaired) electrons. The predicted octanol–water partition coefficient (Wildman–Crippen LogP) is -0.474. The number of rotatable bonds is 18. The molecule has 0 bridgehead atoms. The van der Waals surface area contributed by atoms with Crippen LogP contribution in [0, 0.1) is 0 Å². The van der Waals surface area contributed by atoms with E-state index in [1.807, 2.05) is 0 Å². The summed E-state index contributed by atoms with van der Waals surface area (Å²) in [5, 5.41) is 121. The maximum absolute atomic E-state index is 13.0. The lowest BCUT2D eigenvalue weighted by Gasteiger charge is -2.42. The molecule has 0 aromatic heterocycles. The van der Waals surface area contributed by atoms with E-state index in [9.17, 15) is 80.5 Å². The van der Waals surface area contributed by atoms with Crippen LogP contribution in [0.4, 0.5) is 0 Å². The van der Waals surface area contributed by atoms with Crippen LogP contribution in [0.3, 0.4) is 0 Å². The largest absolute Gasteiger partial charge is 0.504 e. The van der Waals surface area contributed by atoms with E-state index in [1.54, 1.807) is 62.5 Å². The van der Waals surface area contributed by atoms with Crippen LogP contribution in [-0.4, -0.2) is 184 Å². The van der Waals surface area contributed by atoms with Gasteiger partial charge in [-0.25, -0.2) is 19.2 Å². The molecule has 2 saturated heterocycles. The molecule has 384 valence electrons. The molecule has 1 aliphatic carbocycles. The number of aromatic hydroxyl groups is 2. The summed E-state index contributed by atoms with van der Waals surface area (Å²) in [7, 11) is 0. The van der Waals surface area contributed by atoms with Crippen molar-refractivity contribution in [3.63, 3.8) is 0 Å². The van der Waals surface area contributed by atoms with Gasteiger partial charge in [0.15, 0.2) is 29.5 Å². The van der Waals surface area contributed by atoms with Crippen molar-refractivity contribution in [2.24, 2.45) is 0 Å². The Morgan fingerprint density at radius 3 is 1.76 bits per heavy atom. The zero-order chi connectivity index (χ0) is 52.0. The third-order valence-corrected chi connectivity index (χ3v) is 11.2. The number of carboxylic acids is 1. The van der Waals surface area contributed by atoms with Gasteiger partial charge in [-0.05, 0) is 51.5 Å². The van der Waals surface area contributed by atoms with Gasteiger partial charge >= 0.3 is 23.9 Å². The second-order valence-electron chi connectivity index (χ2n) is 16.8. The molecule has 4 rings (SSSR count). The Balaban J connectivity index is 1.28. The Bertz CT molecular complexity index is 2260. The summed E-state index contributed by atoms with van der Waals surface area (Å²) in [6.07, 6.45) is -4.47. The van der Waals surface area contributed by atoms with E-state index >= 15 is 0 Å². The number of phenols is 2. The maximum atomic E-state index is 13.0. The Hall–Kier alpha value is -5.86. The highest BCUT2D eigenvalue weighted by Crippen LogP contribution is 2.34. The Kier molecular flexibility index (Phi) is 20.9. The molecular formula is C48H60O22. The fourth-order valence-corrected chi connectivity index (χ4v) is 6.99. The van der Waals surface area contributed by atoms with Crippen LogP contribution < -0.4 is 0 Å². The normalized spacial score (nSPS) is 32.7. The molecule has 2 aliphatic heterocycles. The van der Waals surface area contributed by atoms with E-state index < -0.39 is 141 Å². The van der Waals surface area contributed by atoms with E-state index in [2.05, 4.69) is 0 Å². The fraction of sp³-hybridized carbons (Fsp3) is 0.458. The molecule has 3 fully saturated rings. The smallest absolute Gasteiger partial charge is 0.336 e. The molecule has 70 heavy (non-hydrogen) atoms. The summed E-state index contributed by atoms with van der Waals surface area (Å²) in [6, 6.07) is 3.73. The predicted molar refractivity (Wildman–Crippen MR) is 241 cm³/mol. The van der Waals surface area contributed by atoms with E-state index in [1.165, 1.54) is 44.2 Å². The van der Waals surface area contributed by atoms with Gasteiger partial charge in [-0.1, -0.05) is 78.0 Å². The molecule has 0 amide bonds. The molecule has 4 unspecified atom stereocenters. The monoisotopic (exact) mass is 988 g/mol. The number of aliphatic carboxylic acids is 1. The molecule has 0 spiro atoms. The van der Waals surface area contributed by atoms with Crippen LogP contribution in [0.2, 0.25) is 0 Å². The number of hydrogen-bond acceptors (Lipinski definition) is 21. The van der Waals surface area contributed by atoms with Crippen molar-refractivity contribution in [2.75, 3.05) is 13.2 Å². The van der Waals surface area contributed by atoms with Gasteiger partial charge in [0.1, 0.15) is 54.9 Å². The van der Waals surface area contributed by atoms with Gasteiger partial charge in [0.05, 0.1) is 19.3 Å². The molecular weight excluding hydrogens is 929 g/mol. The number of esters is 3. The van der Waals surface area contributed by atoms with Crippen molar-refractivity contribution in [1.29, 1.82) is 0 Å². The first kappa shape index (κ1) is 56.7. The summed E-state index contributed by atoms with van der Waals surface area (Å²) in [4.78, 5) is 50.4. The lowest BCUT2D eigenvalue weighted by atomic mass is 9.79. The van der Waals surface area contributed by atoms with Crippen LogP contribution in [-0.2, 0) is 47.6 Å². The Morgan fingerprint density at radius 1 is 0.657 bits per heavy atom. The minimum absolute atomic E-state index is 0.0659. The maximum Gasteiger partial charge on any atom is 0.336 e. The first-order valence-electron chi connectivity index (χ1n) is 21.8. The summed E-state index contributed by atoms with van der Waals surface area (Å²) < 4.78 is 32.1. The molecule has 22 heteroatoms. The number of ether oxygens (including phenoxy) is 6. The Morgan fingerprint density at radius 2 is 1.20 bits per heavy atom. The lowest BCUT2D eigenvalue weighted by Crippen LogP contribution is -2.61. The third-order valence-electron chi connectivity index (χ3n) is 11.2. The highest BCUT2D eigenvalue weighted by atomic mass is 16.7. The molecule has 1 aromatic rings. The van der Waals surface area contributed by atoms with Gasteiger partial charge in [-0.15, -0.1) is 0 Å². The summed E-state index contributed by atoms with van der Waals surface area (Å²) >= 11 is 0. The minimum atomic E-state index is -2.50. The van der Waals surface area contributed by atoms with Crippen LogP contribution in [0.5, 0.6) is 11.5 Å². The lowest BCUT2D eigenvalue weighted by molar-refractivity contribution is -0.326. The molecule has 1 aromatic carbocycles. The quantitative estimate of drug-likeness (QED) is 0.0291. The van der Waals surface area contributed by atoms with E-state index in [0.29, 0.717) is 5.56 Å². The van der Waals surface area contributed by atoms with E-state index in [0.717, 1.165) is 23.3 Å². The molecule has 1 saturated carbocycles. The molecule has 3 aliphatic rings. The van der Waals surface area contributed by atoms with E-state index in [-0.39, 0.29) is 16.9 Å². The second-order valence-corrected chi connectivity index (χ2v) is 16.8. The highest BCUT2D eigenvalue weighted by molar-refractivity contribution is 5.89.